The van der Waals surface area contributed by atoms with Crippen molar-refractivity contribution in [3.8, 4) is 5.75 Å². The Morgan fingerprint density at radius 2 is 1.84 bits per heavy atom. The van der Waals surface area contributed by atoms with Crippen LogP contribution in [-0.4, -0.2) is 54.0 Å². The van der Waals surface area contributed by atoms with E-state index in [2.05, 4.69) is 15.5 Å². The van der Waals surface area contributed by atoms with E-state index in [-0.39, 0.29) is 35.6 Å². The number of fused-ring (bicyclic) bond motifs is 1. The zero-order valence-electron chi connectivity index (χ0n) is 18.2. The standard InChI is InChI=1S/C22H28F3N3O4/c1-21(2,3)32-20(30)17-12-15-10-11-28(26-13-18(15)27-17)19(29)9-6-14-4-7-16(8-5-14)31-22(23,24)25/h4-9,15,17-18,26-27H,10-13H2,1-3H3/t15-,17?,18-/m1/s1. The first kappa shape index (κ1) is 24.1. The van der Waals surface area contributed by atoms with Gasteiger partial charge in [0, 0.05) is 25.2 Å². The average Bonchev–Trinajstić information content (AvgIpc) is 2.98. The molecule has 0 aliphatic carbocycles. The Bertz CT molecular complexity index is 833. The van der Waals surface area contributed by atoms with E-state index in [1.807, 2.05) is 20.8 Å². The lowest BCUT2D eigenvalue weighted by Gasteiger charge is -2.23. The SMILES string of the molecule is CC(C)(C)OC(=O)C1C[C@H]2CCN(C(=O)C=Cc3ccc(OC(F)(F)F)cc3)NC[C@H]2N1. The molecule has 1 aromatic carbocycles. The molecule has 0 saturated carbocycles. The van der Waals surface area contributed by atoms with Gasteiger partial charge in [-0.3, -0.25) is 19.9 Å². The molecule has 7 nitrogen and oxygen atoms in total. The summed E-state index contributed by atoms with van der Waals surface area (Å²) in [6.07, 6.45) is -0.459. The van der Waals surface area contributed by atoms with Gasteiger partial charge < -0.3 is 9.47 Å². The summed E-state index contributed by atoms with van der Waals surface area (Å²) in [6.45, 7) is 6.47. The van der Waals surface area contributed by atoms with Gasteiger partial charge in [0.1, 0.15) is 17.4 Å². The van der Waals surface area contributed by atoms with Crippen molar-refractivity contribution in [2.45, 2.75) is 57.7 Å². The van der Waals surface area contributed by atoms with Gasteiger partial charge in [-0.25, -0.2) is 5.43 Å². The molecule has 2 fully saturated rings. The highest BCUT2D eigenvalue weighted by Crippen LogP contribution is 2.27. The van der Waals surface area contributed by atoms with Crippen molar-refractivity contribution in [3.63, 3.8) is 0 Å². The third-order valence-electron chi connectivity index (χ3n) is 5.24. The summed E-state index contributed by atoms with van der Waals surface area (Å²) < 4.78 is 46.0. The van der Waals surface area contributed by atoms with Crippen LogP contribution < -0.4 is 15.5 Å². The van der Waals surface area contributed by atoms with Crippen LogP contribution in [0.25, 0.3) is 6.08 Å². The summed E-state index contributed by atoms with van der Waals surface area (Å²) in [5, 5.41) is 4.82. The number of hydrazine groups is 1. The molecular weight excluding hydrogens is 427 g/mol. The molecule has 2 saturated heterocycles. The van der Waals surface area contributed by atoms with E-state index in [4.69, 9.17) is 4.74 Å². The molecule has 32 heavy (non-hydrogen) atoms. The van der Waals surface area contributed by atoms with E-state index in [1.54, 1.807) is 0 Å². The Morgan fingerprint density at radius 1 is 1.16 bits per heavy atom. The number of alkyl halides is 3. The van der Waals surface area contributed by atoms with Crippen LogP contribution >= 0.6 is 0 Å². The number of nitrogens with zero attached hydrogens (tertiary/aromatic N) is 1. The van der Waals surface area contributed by atoms with Gasteiger partial charge in [0.25, 0.3) is 5.91 Å². The fourth-order valence-corrected chi connectivity index (χ4v) is 3.82. The molecular formula is C22H28F3N3O4. The maximum Gasteiger partial charge on any atom is 0.573 e. The molecule has 10 heteroatoms. The molecule has 1 aromatic rings. The van der Waals surface area contributed by atoms with Crippen molar-refractivity contribution in [1.82, 2.24) is 15.8 Å². The van der Waals surface area contributed by atoms with Gasteiger partial charge in [-0.15, -0.1) is 13.2 Å². The monoisotopic (exact) mass is 455 g/mol. The normalized spacial score (nSPS) is 24.2. The summed E-state index contributed by atoms with van der Waals surface area (Å²) >= 11 is 0. The predicted molar refractivity (Wildman–Crippen MR) is 111 cm³/mol. The number of benzene rings is 1. The second-order valence-corrected chi connectivity index (χ2v) is 8.95. The zero-order valence-corrected chi connectivity index (χ0v) is 18.2. The van der Waals surface area contributed by atoms with Crippen molar-refractivity contribution in [3.05, 3.63) is 35.9 Å². The first-order valence-corrected chi connectivity index (χ1v) is 10.5. The second kappa shape index (κ2) is 9.50. The van der Waals surface area contributed by atoms with Crippen molar-refractivity contribution < 1.29 is 32.2 Å². The predicted octanol–water partition coefficient (Wildman–Crippen LogP) is 3.02. The first-order valence-electron chi connectivity index (χ1n) is 10.5. The molecule has 3 rings (SSSR count). The van der Waals surface area contributed by atoms with Gasteiger partial charge in [-0.2, -0.15) is 0 Å². The van der Waals surface area contributed by atoms with Gasteiger partial charge in [0.2, 0.25) is 0 Å². The average molecular weight is 455 g/mol. The van der Waals surface area contributed by atoms with Gasteiger partial charge in [0.15, 0.2) is 0 Å². The number of rotatable bonds is 4. The lowest BCUT2D eigenvalue weighted by atomic mass is 9.96. The Morgan fingerprint density at radius 3 is 2.47 bits per heavy atom. The van der Waals surface area contributed by atoms with E-state index in [0.717, 1.165) is 6.42 Å². The van der Waals surface area contributed by atoms with Crippen molar-refractivity contribution in [2.75, 3.05) is 13.1 Å². The van der Waals surface area contributed by atoms with Crippen molar-refractivity contribution in [2.24, 2.45) is 5.92 Å². The topological polar surface area (TPSA) is 79.9 Å². The highest BCUT2D eigenvalue weighted by Gasteiger charge is 2.40. The van der Waals surface area contributed by atoms with E-state index >= 15 is 0 Å². The lowest BCUT2D eigenvalue weighted by Crippen LogP contribution is -2.48. The van der Waals surface area contributed by atoms with E-state index < -0.39 is 12.0 Å². The minimum absolute atomic E-state index is 0.0514. The first-order chi connectivity index (χ1) is 14.9. The molecule has 0 bridgehead atoms. The van der Waals surface area contributed by atoms with Gasteiger partial charge in [0.05, 0.1) is 0 Å². The Labute approximate surface area is 184 Å². The Kier molecular flexibility index (Phi) is 7.14. The van der Waals surface area contributed by atoms with Crippen molar-refractivity contribution >= 4 is 18.0 Å². The molecule has 176 valence electrons. The number of amides is 1. The Balaban J connectivity index is 1.50. The van der Waals surface area contributed by atoms with Crippen LogP contribution in [0.4, 0.5) is 13.2 Å². The number of esters is 1. The molecule has 1 amide bonds. The molecule has 0 radical (unpaired) electrons. The summed E-state index contributed by atoms with van der Waals surface area (Å²) in [6, 6.07) is 4.95. The number of hydrogen-bond acceptors (Lipinski definition) is 6. The number of halogens is 3. The van der Waals surface area contributed by atoms with E-state index in [1.165, 1.54) is 41.4 Å². The molecule has 2 aliphatic rings. The fraction of sp³-hybridized carbons (Fsp3) is 0.545. The van der Waals surface area contributed by atoms with Gasteiger partial charge in [-0.1, -0.05) is 12.1 Å². The fourth-order valence-electron chi connectivity index (χ4n) is 3.82. The van der Waals surface area contributed by atoms with Gasteiger partial charge in [-0.05, 0) is 63.3 Å². The quantitative estimate of drug-likeness (QED) is 0.537. The minimum Gasteiger partial charge on any atom is -0.459 e. The summed E-state index contributed by atoms with van der Waals surface area (Å²) in [5.74, 6) is -0.598. The molecule has 2 heterocycles. The van der Waals surface area contributed by atoms with Crippen LogP contribution in [0.5, 0.6) is 5.75 Å². The molecule has 0 spiro atoms. The summed E-state index contributed by atoms with van der Waals surface area (Å²) in [7, 11) is 0. The minimum atomic E-state index is -4.74. The zero-order chi connectivity index (χ0) is 23.5. The smallest absolute Gasteiger partial charge is 0.459 e. The summed E-state index contributed by atoms with van der Waals surface area (Å²) in [5.41, 5.74) is 3.14. The summed E-state index contributed by atoms with van der Waals surface area (Å²) in [4.78, 5) is 24.9. The molecule has 2 N–H and O–H groups in total. The number of carbonyl (C=O) groups excluding carboxylic acids is 2. The maximum absolute atomic E-state index is 12.5. The van der Waals surface area contributed by atoms with Crippen LogP contribution in [0.15, 0.2) is 30.3 Å². The lowest BCUT2D eigenvalue weighted by molar-refractivity contribution is -0.274. The molecule has 3 atom stereocenters. The molecule has 0 aromatic heterocycles. The van der Waals surface area contributed by atoms with Crippen LogP contribution in [0.1, 0.15) is 39.2 Å². The molecule has 2 aliphatic heterocycles. The number of hydrogen-bond donors (Lipinski definition) is 2. The van der Waals surface area contributed by atoms with Crippen LogP contribution in [0, 0.1) is 5.92 Å². The largest absolute Gasteiger partial charge is 0.573 e. The third-order valence-corrected chi connectivity index (χ3v) is 5.24. The maximum atomic E-state index is 12.5. The number of carbonyl (C=O) groups is 2. The van der Waals surface area contributed by atoms with Crippen molar-refractivity contribution in [1.29, 1.82) is 0 Å². The number of nitrogens with one attached hydrogen (secondary N) is 2. The van der Waals surface area contributed by atoms with Gasteiger partial charge >= 0.3 is 12.3 Å². The van der Waals surface area contributed by atoms with E-state index in [0.29, 0.717) is 25.1 Å². The number of ether oxygens (including phenoxy) is 2. The highest BCUT2D eigenvalue weighted by atomic mass is 19.4. The highest BCUT2D eigenvalue weighted by molar-refractivity contribution is 5.91. The van der Waals surface area contributed by atoms with E-state index in [9.17, 15) is 22.8 Å². The molecule has 1 unspecified atom stereocenters. The van der Waals surface area contributed by atoms with Crippen LogP contribution in [0.3, 0.4) is 0 Å². The Hall–Kier alpha value is -2.59. The second-order valence-electron chi connectivity index (χ2n) is 8.95. The third kappa shape index (κ3) is 6.96. The van der Waals surface area contributed by atoms with Crippen LogP contribution in [0.2, 0.25) is 0 Å². The van der Waals surface area contributed by atoms with Crippen LogP contribution in [-0.2, 0) is 14.3 Å².